The summed E-state index contributed by atoms with van der Waals surface area (Å²) in [5.74, 6) is 0.704. The third-order valence-corrected chi connectivity index (χ3v) is 8.60. The van der Waals surface area contributed by atoms with E-state index in [0.717, 1.165) is 46.9 Å². The number of rotatable bonds is 5. The maximum atomic E-state index is 12.9. The number of benzene rings is 1. The highest BCUT2D eigenvalue weighted by Crippen LogP contribution is 2.36. The van der Waals surface area contributed by atoms with Gasteiger partial charge in [-0.15, -0.1) is 0 Å². The molecule has 1 atom stereocenters. The minimum absolute atomic E-state index is 0.112. The number of carbonyl (C=O) groups is 1. The average molecular weight is 488 g/mol. The molecule has 0 saturated heterocycles. The van der Waals surface area contributed by atoms with Gasteiger partial charge in [-0.3, -0.25) is 10.2 Å². The number of aryl methyl sites for hydroxylation is 1. The van der Waals surface area contributed by atoms with Crippen molar-refractivity contribution in [2.24, 2.45) is 16.0 Å². The first kappa shape index (κ1) is 23.8. The molecule has 3 aliphatic rings. The Morgan fingerprint density at radius 1 is 1.17 bits per heavy atom. The van der Waals surface area contributed by atoms with E-state index in [4.69, 9.17) is 10.5 Å². The van der Waals surface area contributed by atoms with E-state index in [9.17, 15) is 4.79 Å². The van der Waals surface area contributed by atoms with Crippen LogP contribution in [-0.2, 0) is 4.79 Å². The van der Waals surface area contributed by atoms with Crippen molar-refractivity contribution in [2.45, 2.75) is 72.1 Å². The lowest BCUT2D eigenvalue weighted by Gasteiger charge is -2.20. The van der Waals surface area contributed by atoms with Gasteiger partial charge < -0.3 is 4.57 Å². The molecule has 0 spiro atoms. The fraction of sp³-hybridized carbons (Fsp3) is 0.429. The molecule has 0 radical (unpaired) electrons. The van der Waals surface area contributed by atoms with Crippen molar-refractivity contribution in [1.29, 1.82) is 5.41 Å². The van der Waals surface area contributed by atoms with Crippen LogP contribution in [0.15, 0.2) is 46.0 Å². The number of hydrogen-bond donors (Lipinski definition) is 1. The first-order chi connectivity index (χ1) is 16.9. The Morgan fingerprint density at radius 2 is 1.89 bits per heavy atom. The maximum Gasteiger partial charge on any atom is 0.283 e. The van der Waals surface area contributed by atoms with Crippen LogP contribution >= 0.6 is 11.8 Å². The number of hydrogen-bond acceptors (Lipinski definition) is 4. The van der Waals surface area contributed by atoms with E-state index in [1.54, 1.807) is 11.1 Å². The molecule has 1 aliphatic carbocycles. The van der Waals surface area contributed by atoms with Crippen LogP contribution in [0.2, 0.25) is 0 Å². The van der Waals surface area contributed by atoms with E-state index in [-0.39, 0.29) is 17.3 Å². The minimum Gasteiger partial charge on any atom is -0.318 e. The predicted octanol–water partition coefficient (Wildman–Crippen LogP) is 6.81. The second-order valence-electron chi connectivity index (χ2n) is 9.86. The van der Waals surface area contributed by atoms with Gasteiger partial charge in [0, 0.05) is 23.0 Å². The number of amides is 1. The van der Waals surface area contributed by atoms with Crippen molar-refractivity contribution in [2.75, 3.05) is 0 Å². The SMILES string of the molecule is CC[C@@H](C)c1ccc(-n2c(C)cc(/C=C3/C(=N)N4N=C(C5CCCCC5)SC4=NC3=O)c2C)cc1. The average Bonchev–Trinajstić information content (AvgIpc) is 3.42. The van der Waals surface area contributed by atoms with E-state index >= 15 is 0 Å². The van der Waals surface area contributed by atoms with Crippen LogP contribution < -0.4 is 0 Å². The van der Waals surface area contributed by atoms with Gasteiger partial charge in [-0.25, -0.2) is 0 Å². The van der Waals surface area contributed by atoms with Gasteiger partial charge in [0.15, 0.2) is 5.84 Å². The van der Waals surface area contributed by atoms with E-state index < -0.39 is 0 Å². The van der Waals surface area contributed by atoms with Crippen LogP contribution in [0.4, 0.5) is 0 Å². The maximum absolute atomic E-state index is 12.9. The summed E-state index contributed by atoms with van der Waals surface area (Å²) in [5.41, 5.74) is 5.76. The molecule has 7 heteroatoms. The van der Waals surface area contributed by atoms with Gasteiger partial charge in [0.05, 0.1) is 5.57 Å². The summed E-state index contributed by atoms with van der Waals surface area (Å²) in [4.78, 5) is 17.2. The number of amidine groups is 2. The van der Waals surface area contributed by atoms with Crippen LogP contribution in [0.5, 0.6) is 0 Å². The van der Waals surface area contributed by atoms with Gasteiger partial charge in [-0.05, 0) is 86.2 Å². The van der Waals surface area contributed by atoms with Crippen molar-refractivity contribution in [3.8, 4) is 5.69 Å². The van der Waals surface area contributed by atoms with Crippen LogP contribution in [0, 0.1) is 25.2 Å². The number of nitrogens with zero attached hydrogens (tertiary/aromatic N) is 4. The lowest BCUT2D eigenvalue weighted by atomic mass is 9.90. The topological polar surface area (TPSA) is 73.8 Å². The zero-order chi connectivity index (χ0) is 24.7. The number of aliphatic imine (C=N–C) groups is 1. The summed E-state index contributed by atoms with van der Waals surface area (Å²) >= 11 is 1.46. The molecule has 1 aromatic heterocycles. The van der Waals surface area contributed by atoms with Gasteiger partial charge in [0.1, 0.15) is 5.04 Å². The summed E-state index contributed by atoms with van der Waals surface area (Å²) in [5, 5.41) is 16.6. The van der Waals surface area contributed by atoms with Gasteiger partial charge in [0.2, 0.25) is 5.17 Å². The lowest BCUT2D eigenvalue weighted by molar-refractivity contribution is -0.114. The molecule has 182 valence electrons. The van der Waals surface area contributed by atoms with Crippen LogP contribution in [-0.4, -0.2) is 31.5 Å². The number of aromatic nitrogens is 1. The van der Waals surface area contributed by atoms with E-state index in [0.29, 0.717) is 17.0 Å². The van der Waals surface area contributed by atoms with E-state index in [1.165, 1.54) is 36.6 Å². The smallest absolute Gasteiger partial charge is 0.283 e. The lowest BCUT2D eigenvalue weighted by Crippen LogP contribution is -2.35. The van der Waals surface area contributed by atoms with Gasteiger partial charge in [0.25, 0.3) is 5.91 Å². The molecule has 5 rings (SSSR count). The van der Waals surface area contributed by atoms with Crippen molar-refractivity contribution >= 4 is 39.8 Å². The molecule has 0 bridgehead atoms. The van der Waals surface area contributed by atoms with Crippen molar-refractivity contribution in [3.63, 3.8) is 0 Å². The number of fused-ring (bicyclic) bond motifs is 1. The molecule has 1 N–H and O–H groups in total. The van der Waals surface area contributed by atoms with Crippen LogP contribution in [0.25, 0.3) is 11.8 Å². The standard InChI is InChI=1S/C28H33N5OS/c1-5-17(2)20-11-13-23(14-12-20)32-18(3)15-22(19(32)4)16-24-25(29)33-28(30-26(24)34)35-27(31-33)21-9-7-6-8-10-21/h11-17,21,29H,5-10H2,1-4H3/b24-16-,29-25?/t17-/m1/s1. The minimum atomic E-state index is -0.364. The molecule has 2 aromatic rings. The zero-order valence-corrected chi connectivity index (χ0v) is 21.8. The normalized spacial score (nSPS) is 20.8. The monoisotopic (exact) mass is 487 g/mol. The Balaban J connectivity index is 1.44. The second-order valence-corrected chi connectivity index (χ2v) is 10.8. The molecule has 0 unspecified atom stereocenters. The van der Waals surface area contributed by atoms with Crippen LogP contribution in [0.3, 0.4) is 0 Å². The summed E-state index contributed by atoms with van der Waals surface area (Å²) < 4.78 is 2.20. The number of nitrogens with one attached hydrogen (secondary N) is 1. The highest BCUT2D eigenvalue weighted by Gasteiger charge is 2.38. The molecule has 1 amide bonds. The molecule has 1 saturated carbocycles. The Bertz CT molecular complexity index is 1260. The zero-order valence-electron chi connectivity index (χ0n) is 21.0. The summed E-state index contributed by atoms with van der Waals surface area (Å²) in [6.07, 6.45) is 8.88. The predicted molar refractivity (Wildman–Crippen MR) is 146 cm³/mol. The van der Waals surface area contributed by atoms with Crippen molar-refractivity contribution in [3.05, 3.63) is 58.4 Å². The highest BCUT2D eigenvalue weighted by atomic mass is 32.2. The molecule has 1 aromatic carbocycles. The molecule has 1 fully saturated rings. The van der Waals surface area contributed by atoms with E-state index in [1.807, 2.05) is 0 Å². The first-order valence-corrected chi connectivity index (χ1v) is 13.5. The second kappa shape index (κ2) is 9.61. The van der Waals surface area contributed by atoms with E-state index in [2.05, 4.69) is 67.6 Å². The number of thioether (sulfide) groups is 1. The van der Waals surface area contributed by atoms with Crippen LogP contribution in [0.1, 0.15) is 80.8 Å². The Kier molecular flexibility index (Phi) is 6.53. The summed E-state index contributed by atoms with van der Waals surface area (Å²) in [6.45, 7) is 8.58. The third-order valence-electron chi connectivity index (χ3n) is 7.53. The molecular weight excluding hydrogens is 454 g/mol. The van der Waals surface area contributed by atoms with Gasteiger partial charge in [-0.2, -0.15) is 15.1 Å². The molecule has 6 nitrogen and oxygen atoms in total. The molecular formula is C28H33N5OS. The van der Waals surface area contributed by atoms with Crippen molar-refractivity contribution in [1.82, 2.24) is 9.58 Å². The molecule has 2 aliphatic heterocycles. The molecule has 3 heterocycles. The van der Waals surface area contributed by atoms with Crippen molar-refractivity contribution < 1.29 is 4.79 Å². The Morgan fingerprint density at radius 3 is 2.57 bits per heavy atom. The quantitative estimate of drug-likeness (QED) is 0.471. The number of hydrazone groups is 1. The summed E-state index contributed by atoms with van der Waals surface area (Å²) in [7, 11) is 0. The highest BCUT2D eigenvalue weighted by molar-refractivity contribution is 8.27. The Hall–Kier alpha value is -2.93. The van der Waals surface area contributed by atoms with Gasteiger partial charge in [-0.1, -0.05) is 45.2 Å². The third kappa shape index (κ3) is 4.42. The first-order valence-electron chi connectivity index (χ1n) is 12.7. The number of carbonyl (C=O) groups excluding carboxylic acids is 1. The van der Waals surface area contributed by atoms with Gasteiger partial charge >= 0.3 is 0 Å². The Labute approximate surface area is 211 Å². The fourth-order valence-electron chi connectivity index (χ4n) is 5.20. The largest absolute Gasteiger partial charge is 0.318 e. The molecule has 35 heavy (non-hydrogen) atoms. The summed E-state index contributed by atoms with van der Waals surface area (Å²) in [6, 6.07) is 10.8. The fourth-order valence-corrected chi connectivity index (χ4v) is 6.25.